The number of anilines is 1. The molecule has 6 heteroatoms. The number of rotatable bonds is 5. The smallest absolute Gasteiger partial charge is 0.251 e. The van der Waals surface area contributed by atoms with E-state index in [2.05, 4.69) is 22.0 Å². The Labute approximate surface area is 142 Å². The molecular formula is C18H26FN3O2. The van der Waals surface area contributed by atoms with Crippen LogP contribution in [0, 0.1) is 5.82 Å². The number of nitrogens with zero attached hydrogens (tertiary/aromatic N) is 2. The quantitative estimate of drug-likeness (QED) is 0.892. The molecule has 0 aromatic heterocycles. The molecule has 132 valence electrons. The van der Waals surface area contributed by atoms with Crippen molar-refractivity contribution in [2.24, 2.45) is 0 Å². The summed E-state index contributed by atoms with van der Waals surface area (Å²) in [6, 6.07) is 4.76. The average Bonchev–Trinajstić information content (AvgIpc) is 3.13. The highest BCUT2D eigenvalue weighted by molar-refractivity contribution is 5.94. The van der Waals surface area contributed by atoms with Gasteiger partial charge in [0.1, 0.15) is 5.82 Å². The fraction of sp³-hybridized carbons (Fsp3) is 0.611. The van der Waals surface area contributed by atoms with Gasteiger partial charge in [-0.05, 0) is 37.6 Å². The molecule has 0 bridgehead atoms. The molecule has 1 aromatic carbocycles. The van der Waals surface area contributed by atoms with E-state index in [-0.39, 0.29) is 17.8 Å². The van der Waals surface area contributed by atoms with Gasteiger partial charge in [-0.3, -0.25) is 4.79 Å². The molecule has 1 aromatic rings. The number of benzene rings is 1. The van der Waals surface area contributed by atoms with E-state index in [0.29, 0.717) is 17.8 Å². The number of hydrogen-bond acceptors (Lipinski definition) is 4. The molecule has 0 spiro atoms. The van der Waals surface area contributed by atoms with Gasteiger partial charge in [-0.25, -0.2) is 4.39 Å². The molecule has 2 heterocycles. The summed E-state index contributed by atoms with van der Waals surface area (Å²) < 4.78 is 19.9. The van der Waals surface area contributed by atoms with Crippen LogP contribution in [0.2, 0.25) is 0 Å². The largest absolute Gasteiger partial charge is 0.376 e. The van der Waals surface area contributed by atoms with Crippen LogP contribution in [0.15, 0.2) is 18.2 Å². The minimum absolute atomic E-state index is 0.0907. The third kappa shape index (κ3) is 4.05. The Morgan fingerprint density at radius 3 is 2.75 bits per heavy atom. The molecule has 3 rings (SSSR count). The number of ether oxygens (including phenoxy) is 1. The van der Waals surface area contributed by atoms with Crippen molar-refractivity contribution in [3.63, 3.8) is 0 Å². The van der Waals surface area contributed by atoms with Crippen LogP contribution >= 0.6 is 0 Å². The van der Waals surface area contributed by atoms with Crippen LogP contribution in [-0.2, 0) is 4.74 Å². The highest BCUT2D eigenvalue weighted by Gasteiger charge is 2.20. The van der Waals surface area contributed by atoms with Crippen LogP contribution in [-0.4, -0.2) is 62.8 Å². The van der Waals surface area contributed by atoms with Gasteiger partial charge in [0.15, 0.2) is 0 Å². The second-order valence-electron chi connectivity index (χ2n) is 6.43. The molecule has 0 radical (unpaired) electrons. The first kappa shape index (κ1) is 17.2. The number of carbonyl (C=O) groups is 1. The summed E-state index contributed by atoms with van der Waals surface area (Å²) in [5, 5.41) is 2.83. The fourth-order valence-electron chi connectivity index (χ4n) is 3.32. The molecule has 24 heavy (non-hydrogen) atoms. The Morgan fingerprint density at radius 1 is 1.33 bits per heavy atom. The fourth-order valence-corrected chi connectivity index (χ4v) is 3.32. The van der Waals surface area contributed by atoms with Crippen molar-refractivity contribution in [3.8, 4) is 0 Å². The highest BCUT2D eigenvalue weighted by Crippen LogP contribution is 2.22. The lowest BCUT2D eigenvalue weighted by Gasteiger charge is -2.35. The van der Waals surface area contributed by atoms with Crippen molar-refractivity contribution >= 4 is 11.6 Å². The number of halogens is 1. The van der Waals surface area contributed by atoms with Crippen LogP contribution in [0.1, 0.15) is 30.1 Å². The van der Waals surface area contributed by atoms with E-state index in [0.717, 1.165) is 52.2 Å². The molecule has 1 amide bonds. The van der Waals surface area contributed by atoms with E-state index in [4.69, 9.17) is 4.74 Å². The maximum absolute atomic E-state index is 14.5. The van der Waals surface area contributed by atoms with Gasteiger partial charge in [0.25, 0.3) is 5.91 Å². The van der Waals surface area contributed by atoms with Crippen LogP contribution in [0.25, 0.3) is 0 Å². The van der Waals surface area contributed by atoms with Crippen LogP contribution in [0.3, 0.4) is 0 Å². The first-order valence-corrected chi connectivity index (χ1v) is 8.84. The molecule has 2 aliphatic rings. The lowest BCUT2D eigenvalue weighted by atomic mass is 10.1. The topological polar surface area (TPSA) is 44.8 Å². The zero-order valence-corrected chi connectivity index (χ0v) is 14.3. The number of likely N-dealkylation sites (N-methyl/N-ethyl adjacent to an activating group) is 1. The van der Waals surface area contributed by atoms with Crippen LogP contribution < -0.4 is 10.2 Å². The first-order valence-electron chi connectivity index (χ1n) is 8.84. The number of piperazine rings is 1. The summed E-state index contributed by atoms with van der Waals surface area (Å²) in [5.74, 6) is -0.573. The van der Waals surface area contributed by atoms with Gasteiger partial charge in [0.2, 0.25) is 0 Å². The van der Waals surface area contributed by atoms with Gasteiger partial charge < -0.3 is 19.9 Å². The molecule has 2 fully saturated rings. The molecule has 0 aliphatic carbocycles. The normalized spacial score (nSPS) is 21.9. The SMILES string of the molecule is CCN1CCN(c2ccc(C(=O)NCC3CCCO3)cc2F)CC1. The molecule has 0 saturated carbocycles. The Hall–Kier alpha value is -1.66. The van der Waals surface area contributed by atoms with Gasteiger partial charge in [-0.1, -0.05) is 6.92 Å². The molecule has 5 nitrogen and oxygen atoms in total. The predicted octanol–water partition coefficient (Wildman–Crippen LogP) is 1.88. The number of carbonyl (C=O) groups excluding carboxylic acids is 1. The molecule has 2 aliphatic heterocycles. The summed E-state index contributed by atoms with van der Waals surface area (Å²) >= 11 is 0. The van der Waals surface area contributed by atoms with E-state index in [1.54, 1.807) is 12.1 Å². The Bertz CT molecular complexity index is 567. The number of amides is 1. The highest BCUT2D eigenvalue weighted by atomic mass is 19.1. The lowest BCUT2D eigenvalue weighted by molar-refractivity contribution is 0.0857. The third-order valence-corrected chi connectivity index (χ3v) is 4.88. The molecule has 2 saturated heterocycles. The predicted molar refractivity (Wildman–Crippen MR) is 92.0 cm³/mol. The van der Waals surface area contributed by atoms with Gasteiger partial charge >= 0.3 is 0 Å². The van der Waals surface area contributed by atoms with Gasteiger partial charge in [0, 0.05) is 44.9 Å². The van der Waals surface area contributed by atoms with Gasteiger partial charge in [0.05, 0.1) is 11.8 Å². The van der Waals surface area contributed by atoms with Crippen molar-refractivity contribution in [2.75, 3.05) is 50.8 Å². The Balaban J connectivity index is 1.58. The Morgan fingerprint density at radius 2 is 2.12 bits per heavy atom. The second-order valence-corrected chi connectivity index (χ2v) is 6.43. The van der Waals surface area contributed by atoms with Crippen molar-refractivity contribution in [1.29, 1.82) is 0 Å². The molecule has 1 N–H and O–H groups in total. The summed E-state index contributed by atoms with van der Waals surface area (Å²) in [7, 11) is 0. The average molecular weight is 335 g/mol. The number of hydrogen-bond donors (Lipinski definition) is 1. The van der Waals surface area contributed by atoms with E-state index in [9.17, 15) is 9.18 Å². The number of nitrogens with one attached hydrogen (secondary N) is 1. The lowest BCUT2D eigenvalue weighted by Crippen LogP contribution is -2.46. The standard InChI is InChI=1S/C18H26FN3O2/c1-2-21-7-9-22(10-8-21)17-6-5-14(12-16(17)19)18(23)20-13-15-4-3-11-24-15/h5-6,12,15H,2-4,7-11,13H2,1H3,(H,20,23). The van der Waals surface area contributed by atoms with E-state index >= 15 is 0 Å². The second kappa shape index (κ2) is 7.94. The summed E-state index contributed by atoms with van der Waals surface area (Å²) in [6.07, 6.45) is 2.10. The minimum atomic E-state index is -0.329. The summed E-state index contributed by atoms with van der Waals surface area (Å²) in [5.41, 5.74) is 0.947. The van der Waals surface area contributed by atoms with Crippen molar-refractivity contribution in [2.45, 2.75) is 25.9 Å². The molecule has 1 unspecified atom stereocenters. The van der Waals surface area contributed by atoms with Gasteiger partial charge in [-0.15, -0.1) is 0 Å². The zero-order chi connectivity index (χ0) is 16.9. The Kier molecular flexibility index (Phi) is 5.68. The maximum atomic E-state index is 14.5. The summed E-state index contributed by atoms with van der Waals surface area (Å²) in [6.45, 7) is 7.93. The van der Waals surface area contributed by atoms with Crippen molar-refractivity contribution in [1.82, 2.24) is 10.2 Å². The molecular weight excluding hydrogens is 309 g/mol. The van der Waals surface area contributed by atoms with Crippen LogP contribution in [0.4, 0.5) is 10.1 Å². The first-order chi connectivity index (χ1) is 11.7. The van der Waals surface area contributed by atoms with Gasteiger partial charge in [-0.2, -0.15) is 0 Å². The summed E-state index contributed by atoms with van der Waals surface area (Å²) in [4.78, 5) is 16.6. The molecule has 1 atom stereocenters. The monoisotopic (exact) mass is 335 g/mol. The van der Waals surface area contributed by atoms with Crippen LogP contribution in [0.5, 0.6) is 0 Å². The van der Waals surface area contributed by atoms with Crippen molar-refractivity contribution < 1.29 is 13.9 Å². The maximum Gasteiger partial charge on any atom is 0.251 e. The third-order valence-electron chi connectivity index (χ3n) is 4.88. The minimum Gasteiger partial charge on any atom is -0.376 e. The van der Waals surface area contributed by atoms with Crippen molar-refractivity contribution in [3.05, 3.63) is 29.6 Å². The van der Waals surface area contributed by atoms with E-state index in [1.807, 2.05) is 0 Å². The van der Waals surface area contributed by atoms with E-state index in [1.165, 1.54) is 6.07 Å². The zero-order valence-electron chi connectivity index (χ0n) is 14.3. The van der Waals surface area contributed by atoms with E-state index < -0.39 is 0 Å².